The van der Waals surface area contributed by atoms with Gasteiger partial charge in [0.25, 0.3) is 5.91 Å². The quantitative estimate of drug-likeness (QED) is 0.705. The molecule has 0 bridgehead atoms. The third-order valence-electron chi connectivity index (χ3n) is 4.99. The number of carbonyl (C=O) groups excluding carboxylic acids is 2. The summed E-state index contributed by atoms with van der Waals surface area (Å²) in [6.45, 7) is 2.05. The number of para-hydroxylation sites is 1. The maximum Gasteiger partial charge on any atom is 0.266 e. The van der Waals surface area contributed by atoms with Gasteiger partial charge < -0.3 is 0 Å². The number of halogens is 2. The summed E-state index contributed by atoms with van der Waals surface area (Å²) >= 11 is 12.0. The van der Waals surface area contributed by atoms with Crippen LogP contribution in [-0.2, 0) is 14.4 Å². The lowest BCUT2D eigenvalue weighted by molar-refractivity contribution is -0.126. The van der Waals surface area contributed by atoms with E-state index in [-0.39, 0.29) is 17.9 Å². The number of hydrogen-bond acceptors (Lipinski definition) is 4. The van der Waals surface area contributed by atoms with Gasteiger partial charge in [-0.05, 0) is 36.8 Å². The molecule has 4 rings (SSSR count). The van der Waals surface area contributed by atoms with Crippen molar-refractivity contribution in [3.05, 3.63) is 58.6 Å². The summed E-state index contributed by atoms with van der Waals surface area (Å²) < 4.78 is 0. The second-order valence-electron chi connectivity index (χ2n) is 6.68. The van der Waals surface area contributed by atoms with E-state index in [9.17, 15) is 9.59 Å². The number of anilines is 2. The Morgan fingerprint density at radius 3 is 2.37 bits per heavy atom. The minimum absolute atomic E-state index is 0.202. The number of hydrogen-bond donors (Lipinski definition) is 0. The highest BCUT2D eigenvalue weighted by Gasteiger charge is 2.59. The summed E-state index contributed by atoms with van der Waals surface area (Å²) in [5.74, 6) is -1.18. The lowest BCUT2D eigenvalue weighted by atomic mass is 9.93. The highest BCUT2D eigenvalue weighted by atomic mass is 35.5. The molecule has 0 spiro atoms. The van der Waals surface area contributed by atoms with Crippen molar-refractivity contribution in [3.63, 3.8) is 0 Å². The zero-order chi connectivity index (χ0) is 19.1. The Hall–Kier alpha value is -2.08. The summed E-state index contributed by atoms with van der Waals surface area (Å²) in [5, 5.41) is 2.39. The van der Waals surface area contributed by atoms with Crippen molar-refractivity contribution in [2.24, 2.45) is 5.92 Å². The molecular weight excluding hydrogens is 387 g/mol. The van der Waals surface area contributed by atoms with Crippen molar-refractivity contribution in [1.82, 2.24) is 0 Å². The minimum Gasteiger partial charge on any atom is -0.273 e. The number of benzene rings is 2. The van der Waals surface area contributed by atoms with E-state index < -0.39 is 12.0 Å². The van der Waals surface area contributed by atoms with Gasteiger partial charge in [0, 0.05) is 0 Å². The molecule has 2 aromatic carbocycles. The van der Waals surface area contributed by atoms with Crippen molar-refractivity contribution in [3.8, 4) is 0 Å². The summed E-state index contributed by atoms with van der Waals surface area (Å²) in [4.78, 5) is 33.3. The molecular formula is C20H18Cl2N2O3. The van der Waals surface area contributed by atoms with Gasteiger partial charge in [0.05, 0.1) is 33.4 Å². The maximum absolute atomic E-state index is 13.2. The van der Waals surface area contributed by atoms with Crippen molar-refractivity contribution in [2.45, 2.75) is 31.9 Å². The fourth-order valence-corrected chi connectivity index (χ4v) is 4.08. The van der Waals surface area contributed by atoms with Gasteiger partial charge in [-0.25, -0.2) is 9.96 Å². The van der Waals surface area contributed by atoms with Crippen LogP contribution in [0.5, 0.6) is 0 Å². The number of nitrogens with zero attached hydrogens (tertiary/aromatic N) is 2. The van der Waals surface area contributed by atoms with Gasteiger partial charge in [-0.2, -0.15) is 0 Å². The van der Waals surface area contributed by atoms with Crippen molar-refractivity contribution in [2.75, 3.05) is 9.96 Å². The van der Waals surface area contributed by atoms with Crippen molar-refractivity contribution in [1.29, 1.82) is 0 Å². The Kier molecular flexibility index (Phi) is 4.84. The van der Waals surface area contributed by atoms with Crippen LogP contribution in [0.25, 0.3) is 0 Å². The summed E-state index contributed by atoms with van der Waals surface area (Å²) in [7, 11) is 0. The molecule has 2 aliphatic heterocycles. The van der Waals surface area contributed by atoms with Gasteiger partial charge in [-0.15, -0.1) is 0 Å². The van der Waals surface area contributed by atoms with Gasteiger partial charge in [0.2, 0.25) is 5.91 Å². The molecule has 140 valence electrons. The zero-order valence-corrected chi connectivity index (χ0v) is 16.2. The third-order valence-corrected chi connectivity index (χ3v) is 5.73. The number of hydroxylamine groups is 1. The molecule has 2 saturated heterocycles. The molecule has 2 fully saturated rings. The molecule has 3 atom stereocenters. The van der Waals surface area contributed by atoms with E-state index in [1.165, 1.54) is 11.0 Å². The number of rotatable bonds is 4. The molecule has 0 aromatic heterocycles. The van der Waals surface area contributed by atoms with Gasteiger partial charge in [0.1, 0.15) is 0 Å². The van der Waals surface area contributed by atoms with Crippen LogP contribution in [-0.4, -0.2) is 24.0 Å². The van der Waals surface area contributed by atoms with Gasteiger partial charge in [-0.3, -0.25) is 14.4 Å². The molecule has 5 nitrogen and oxygen atoms in total. The monoisotopic (exact) mass is 404 g/mol. The van der Waals surface area contributed by atoms with E-state index in [1.54, 1.807) is 17.2 Å². The Morgan fingerprint density at radius 2 is 1.70 bits per heavy atom. The molecule has 27 heavy (non-hydrogen) atoms. The van der Waals surface area contributed by atoms with Crippen LogP contribution in [0.1, 0.15) is 19.8 Å². The fourth-order valence-electron chi connectivity index (χ4n) is 3.79. The van der Waals surface area contributed by atoms with E-state index in [0.717, 1.165) is 18.5 Å². The number of amides is 2. The number of imide groups is 1. The Labute approximate surface area is 167 Å². The molecule has 0 unspecified atom stereocenters. The first-order chi connectivity index (χ1) is 13.0. The van der Waals surface area contributed by atoms with Crippen LogP contribution in [0.3, 0.4) is 0 Å². The normalized spacial score (nSPS) is 24.6. The molecule has 0 saturated carbocycles. The van der Waals surface area contributed by atoms with Gasteiger partial charge in [-0.1, -0.05) is 54.7 Å². The molecule has 2 heterocycles. The Balaban J connectivity index is 1.68. The summed E-state index contributed by atoms with van der Waals surface area (Å²) in [6.07, 6.45) is 0.780. The molecule has 0 radical (unpaired) electrons. The van der Waals surface area contributed by atoms with E-state index in [2.05, 4.69) is 6.92 Å². The maximum atomic E-state index is 13.2. The predicted octanol–water partition coefficient (Wildman–Crippen LogP) is 4.47. The second kappa shape index (κ2) is 7.15. The second-order valence-corrected chi connectivity index (χ2v) is 7.49. The van der Waals surface area contributed by atoms with Crippen LogP contribution in [0.4, 0.5) is 11.4 Å². The zero-order valence-electron chi connectivity index (χ0n) is 14.6. The first kappa shape index (κ1) is 18.3. The summed E-state index contributed by atoms with van der Waals surface area (Å²) in [6, 6.07) is 14.1. The van der Waals surface area contributed by atoms with Crippen molar-refractivity contribution >= 4 is 46.4 Å². The van der Waals surface area contributed by atoms with Gasteiger partial charge >= 0.3 is 0 Å². The lowest BCUT2D eigenvalue weighted by Gasteiger charge is -2.28. The molecule has 2 aliphatic rings. The Morgan fingerprint density at radius 1 is 0.963 bits per heavy atom. The predicted molar refractivity (Wildman–Crippen MR) is 105 cm³/mol. The lowest BCUT2D eigenvalue weighted by Crippen LogP contribution is -2.40. The smallest absolute Gasteiger partial charge is 0.266 e. The van der Waals surface area contributed by atoms with Crippen molar-refractivity contribution < 1.29 is 14.4 Å². The van der Waals surface area contributed by atoms with Crippen LogP contribution in [0, 0.1) is 5.92 Å². The van der Waals surface area contributed by atoms with E-state index >= 15 is 0 Å². The highest BCUT2D eigenvalue weighted by Crippen LogP contribution is 2.42. The SMILES string of the molecule is CCC[C@H]1[C@@H]2C(=O)N(c3ccc(Cl)c(Cl)c3)C(=O)[C@H]2ON1c1ccccc1. The van der Waals surface area contributed by atoms with E-state index in [1.807, 2.05) is 30.3 Å². The van der Waals surface area contributed by atoms with Gasteiger partial charge in [0.15, 0.2) is 6.10 Å². The molecule has 7 heteroatoms. The van der Waals surface area contributed by atoms with Crippen LogP contribution in [0.2, 0.25) is 10.0 Å². The fraction of sp³-hybridized carbons (Fsp3) is 0.300. The van der Waals surface area contributed by atoms with E-state index in [4.69, 9.17) is 28.0 Å². The topological polar surface area (TPSA) is 49.9 Å². The molecule has 0 N–H and O–H groups in total. The standard InChI is InChI=1S/C20H18Cl2N2O3/c1-2-6-16-17-18(27-24(16)12-7-4-3-5-8-12)20(26)23(19(17)25)13-9-10-14(21)15(22)11-13/h3-5,7-11,16-18H,2,6H2,1H3/t16-,17-,18-/m0/s1. The van der Waals surface area contributed by atoms with Crippen LogP contribution in [0.15, 0.2) is 48.5 Å². The average Bonchev–Trinajstić information content (AvgIpc) is 3.15. The summed E-state index contributed by atoms with van der Waals surface area (Å²) in [5.41, 5.74) is 1.26. The highest BCUT2D eigenvalue weighted by molar-refractivity contribution is 6.42. The molecule has 2 aromatic rings. The minimum atomic E-state index is -0.830. The number of carbonyl (C=O) groups is 2. The third kappa shape index (κ3) is 3.00. The average molecular weight is 405 g/mol. The molecule has 0 aliphatic carbocycles. The first-order valence-corrected chi connectivity index (χ1v) is 9.62. The van der Waals surface area contributed by atoms with Crippen LogP contribution < -0.4 is 9.96 Å². The Bertz CT molecular complexity index is 890. The molecule has 2 amide bonds. The number of fused-ring (bicyclic) bond motifs is 1. The largest absolute Gasteiger partial charge is 0.273 e. The first-order valence-electron chi connectivity index (χ1n) is 8.87. The van der Waals surface area contributed by atoms with Crippen LogP contribution >= 0.6 is 23.2 Å². The van der Waals surface area contributed by atoms with E-state index in [0.29, 0.717) is 15.7 Å².